The Morgan fingerprint density at radius 3 is 2.71 bits per heavy atom. The third kappa shape index (κ3) is 1.36. The SMILES string of the molecule is ON=C1CCCc2cc(F)cc(F)c21. The summed E-state index contributed by atoms with van der Waals surface area (Å²) in [4.78, 5) is 0. The lowest BCUT2D eigenvalue weighted by atomic mass is 9.89. The average Bonchev–Trinajstić information content (AvgIpc) is 2.16. The van der Waals surface area contributed by atoms with E-state index in [1.165, 1.54) is 6.07 Å². The van der Waals surface area contributed by atoms with E-state index < -0.39 is 11.6 Å². The van der Waals surface area contributed by atoms with Crippen LogP contribution in [-0.2, 0) is 6.42 Å². The van der Waals surface area contributed by atoms with Gasteiger partial charge < -0.3 is 5.21 Å². The highest BCUT2D eigenvalue weighted by Crippen LogP contribution is 2.25. The van der Waals surface area contributed by atoms with Gasteiger partial charge in [0.05, 0.1) is 5.71 Å². The normalized spacial score (nSPS) is 18.3. The number of aryl methyl sites for hydroxylation is 1. The summed E-state index contributed by atoms with van der Waals surface area (Å²) in [6.45, 7) is 0. The highest BCUT2D eigenvalue weighted by molar-refractivity contribution is 6.02. The van der Waals surface area contributed by atoms with Crippen LogP contribution in [0.25, 0.3) is 0 Å². The number of nitrogens with zero attached hydrogens (tertiary/aromatic N) is 1. The first-order chi connectivity index (χ1) is 6.72. The molecule has 0 amide bonds. The molecule has 0 saturated carbocycles. The maximum absolute atomic E-state index is 13.3. The second-order valence-corrected chi connectivity index (χ2v) is 3.32. The molecule has 1 aromatic rings. The molecule has 0 unspecified atom stereocenters. The molecule has 0 heterocycles. The van der Waals surface area contributed by atoms with Crippen LogP contribution in [0.4, 0.5) is 8.78 Å². The third-order valence-corrected chi connectivity index (χ3v) is 2.41. The minimum absolute atomic E-state index is 0.264. The van der Waals surface area contributed by atoms with Gasteiger partial charge in [0.2, 0.25) is 0 Å². The summed E-state index contributed by atoms with van der Waals surface area (Å²) in [5.41, 5.74) is 1.16. The lowest BCUT2D eigenvalue weighted by Gasteiger charge is -2.17. The van der Waals surface area contributed by atoms with Crippen LogP contribution in [-0.4, -0.2) is 10.9 Å². The highest BCUT2D eigenvalue weighted by Gasteiger charge is 2.20. The Morgan fingerprint density at radius 2 is 2.00 bits per heavy atom. The van der Waals surface area contributed by atoms with Crippen molar-refractivity contribution in [2.45, 2.75) is 19.3 Å². The van der Waals surface area contributed by atoms with Gasteiger partial charge in [-0.25, -0.2) is 8.78 Å². The summed E-state index contributed by atoms with van der Waals surface area (Å²) >= 11 is 0. The summed E-state index contributed by atoms with van der Waals surface area (Å²) < 4.78 is 26.2. The Balaban J connectivity index is 2.63. The largest absolute Gasteiger partial charge is 0.411 e. The first-order valence-corrected chi connectivity index (χ1v) is 4.41. The van der Waals surface area contributed by atoms with Crippen molar-refractivity contribution in [2.24, 2.45) is 5.16 Å². The number of hydrogen-bond acceptors (Lipinski definition) is 2. The van der Waals surface area contributed by atoms with E-state index in [0.717, 1.165) is 12.5 Å². The lowest BCUT2D eigenvalue weighted by molar-refractivity contribution is 0.317. The molecule has 0 atom stereocenters. The maximum Gasteiger partial charge on any atom is 0.135 e. The molecule has 74 valence electrons. The van der Waals surface area contributed by atoms with Crippen molar-refractivity contribution in [3.05, 3.63) is 34.9 Å². The maximum atomic E-state index is 13.3. The van der Waals surface area contributed by atoms with Gasteiger partial charge in [-0.05, 0) is 30.9 Å². The van der Waals surface area contributed by atoms with Crippen LogP contribution in [0.1, 0.15) is 24.0 Å². The van der Waals surface area contributed by atoms with E-state index in [0.29, 0.717) is 24.1 Å². The molecule has 0 bridgehead atoms. The smallest absolute Gasteiger partial charge is 0.135 e. The number of benzene rings is 1. The molecular weight excluding hydrogens is 188 g/mol. The van der Waals surface area contributed by atoms with E-state index in [1.54, 1.807) is 0 Å². The van der Waals surface area contributed by atoms with E-state index in [9.17, 15) is 8.78 Å². The van der Waals surface area contributed by atoms with Crippen LogP contribution in [0.5, 0.6) is 0 Å². The molecule has 0 radical (unpaired) electrons. The van der Waals surface area contributed by atoms with E-state index in [-0.39, 0.29) is 5.56 Å². The van der Waals surface area contributed by atoms with Crippen molar-refractivity contribution in [2.75, 3.05) is 0 Å². The van der Waals surface area contributed by atoms with Gasteiger partial charge in [-0.3, -0.25) is 0 Å². The van der Waals surface area contributed by atoms with Gasteiger partial charge in [-0.15, -0.1) is 0 Å². The van der Waals surface area contributed by atoms with Gasteiger partial charge in [0.1, 0.15) is 11.6 Å². The minimum atomic E-state index is -0.646. The molecular formula is C10H9F2NO. The van der Waals surface area contributed by atoms with E-state index >= 15 is 0 Å². The Kier molecular flexibility index (Phi) is 2.19. The highest BCUT2D eigenvalue weighted by atomic mass is 19.1. The van der Waals surface area contributed by atoms with E-state index in [1.807, 2.05) is 0 Å². The summed E-state index contributed by atoms with van der Waals surface area (Å²) in [7, 11) is 0. The fraction of sp³-hybridized carbons (Fsp3) is 0.300. The van der Waals surface area contributed by atoms with E-state index in [2.05, 4.69) is 5.16 Å². The topological polar surface area (TPSA) is 32.6 Å². The lowest BCUT2D eigenvalue weighted by Crippen LogP contribution is -2.14. The Labute approximate surface area is 79.9 Å². The Hall–Kier alpha value is -1.45. The van der Waals surface area contributed by atoms with Crippen LogP contribution in [0.2, 0.25) is 0 Å². The Bertz CT molecular complexity index is 401. The second-order valence-electron chi connectivity index (χ2n) is 3.32. The van der Waals surface area contributed by atoms with Crippen LogP contribution < -0.4 is 0 Å². The van der Waals surface area contributed by atoms with Crippen molar-refractivity contribution < 1.29 is 14.0 Å². The van der Waals surface area contributed by atoms with Crippen molar-refractivity contribution in [3.8, 4) is 0 Å². The van der Waals surface area contributed by atoms with E-state index in [4.69, 9.17) is 5.21 Å². The van der Waals surface area contributed by atoms with Crippen molar-refractivity contribution in [3.63, 3.8) is 0 Å². The average molecular weight is 197 g/mol. The fourth-order valence-electron chi connectivity index (χ4n) is 1.82. The Morgan fingerprint density at radius 1 is 1.21 bits per heavy atom. The van der Waals surface area contributed by atoms with Gasteiger partial charge in [0, 0.05) is 11.6 Å². The zero-order valence-corrected chi connectivity index (χ0v) is 7.43. The molecule has 0 saturated heterocycles. The number of halogens is 2. The molecule has 1 aromatic carbocycles. The summed E-state index contributed by atoms with van der Waals surface area (Å²) in [5.74, 6) is -1.23. The van der Waals surface area contributed by atoms with Gasteiger partial charge in [-0.1, -0.05) is 5.16 Å². The van der Waals surface area contributed by atoms with Gasteiger partial charge >= 0.3 is 0 Å². The van der Waals surface area contributed by atoms with Crippen LogP contribution in [0, 0.1) is 11.6 Å². The monoisotopic (exact) mass is 197 g/mol. The third-order valence-electron chi connectivity index (χ3n) is 2.41. The van der Waals surface area contributed by atoms with Crippen LogP contribution in [0.3, 0.4) is 0 Å². The first kappa shape index (κ1) is 9.12. The molecule has 2 rings (SSSR count). The molecule has 4 heteroatoms. The number of fused-ring (bicyclic) bond motifs is 1. The fourth-order valence-corrected chi connectivity index (χ4v) is 1.82. The predicted octanol–water partition coefficient (Wildman–Crippen LogP) is 2.48. The summed E-state index contributed by atoms with van der Waals surface area (Å²) in [6.07, 6.45) is 1.92. The number of oxime groups is 1. The predicted molar refractivity (Wildman–Crippen MR) is 47.6 cm³/mol. The van der Waals surface area contributed by atoms with Gasteiger partial charge in [0.25, 0.3) is 0 Å². The standard InChI is InChI=1S/C10H9F2NO/c11-7-4-6-2-1-3-9(13-14)10(6)8(12)5-7/h4-5,14H,1-3H2. The second kappa shape index (κ2) is 3.36. The molecule has 1 aliphatic rings. The molecule has 0 aromatic heterocycles. The molecule has 1 aliphatic carbocycles. The molecule has 0 spiro atoms. The molecule has 14 heavy (non-hydrogen) atoms. The van der Waals surface area contributed by atoms with Crippen LogP contribution >= 0.6 is 0 Å². The number of rotatable bonds is 0. The molecule has 2 nitrogen and oxygen atoms in total. The summed E-state index contributed by atoms with van der Waals surface area (Å²) in [6, 6.07) is 2.11. The quantitative estimate of drug-likeness (QED) is 0.503. The van der Waals surface area contributed by atoms with Gasteiger partial charge in [-0.2, -0.15) is 0 Å². The zero-order valence-electron chi connectivity index (χ0n) is 7.43. The first-order valence-electron chi connectivity index (χ1n) is 4.41. The number of hydrogen-bond donors (Lipinski definition) is 1. The molecule has 1 N–H and O–H groups in total. The minimum Gasteiger partial charge on any atom is -0.411 e. The molecule has 0 fully saturated rings. The van der Waals surface area contributed by atoms with Gasteiger partial charge in [0.15, 0.2) is 0 Å². The zero-order chi connectivity index (χ0) is 10.1. The molecule has 0 aliphatic heterocycles. The van der Waals surface area contributed by atoms with Crippen molar-refractivity contribution >= 4 is 5.71 Å². The van der Waals surface area contributed by atoms with Crippen molar-refractivity contribution in [1.29, 1.82) is 0 Å². The summed E-state index contributed by atoms with van der Waals surface area (Å²) in [5, 5.41) is 11.7. The van der Waals surface area contributed by atoms with Crippen LogP contribution in [0.15, 0.2) is 17.3 Å². The van der Waals surface area contributed by atoms with Crippen molar-refractivity contribution in [1.82, 2.24) is 0 Å².